The van der Waals surface area contributed by atoms with Gasteiger partial charge < -0.3 is 62.7 Å². The minimum Gasteiger partial charge on any atom is -0.462 e. The van der Waals surface area contributed by atoms with E-state index in [9.17, 15) is 20.1 Å². The van der Waals surface area contributed by atoms with Crippen LogP contribution >= 0.6 is 0 Å². The first-order valence-electron chi connectivity index (χ1n) is 23.2. The first-order chi connectivity index (χ1) is 29.5. The van der Waals surface area contributed by atoms with Gasteiger partial charge in [0.1, 0.15) is 30.0 Å². The third-order valence-corrected chi connectivity index (χ3v) is 14.9. The van der Waals surface area contributed by atoms with Crippen molar-refractivity contribution >= 4 is 5.97 Å². The molecule has 1 aliphatic carbocycles. The fourth-order valence-corrected chi connectivity index (χ4v) is 10.9. The van der Waals surface area contributed by atoms with E-state index in [1.807, 2.05) is 39.0 Å². The van der Waals surface area contributed by atoms with Crippen molar-refractivity contribution in [3.63, 3.8) is 0 Å². The van der Waals surface area contributed by atoms with Gasteiger partial charge in [-0.3, -0.25) is 4.79 Å². The highest BCUT2D eigenvalue weighted by atomic mass is 16.7. The number of hydrogen-bond donors (Lipinski definition) is 3. The first kappa shape index (κ1) is 47.9. The molecule has 1 spiro atoms. The van der Waals surface area contributed by atoms with E-state index in [0.717, 1.165) is 12.0 Å². The molecule has 0 radical (unpaired) electrons. The second-order valence-electron chi connectivity index (χ2n) is 19.4. The number of aliphatic hydroxyl groups excluding tert-OH is 2. The summed E-state index contributed by atoms with van der Waals surface area (Å²) >= 11 is 0. The lowest BCUT2D eigenvalue weighted by molar-refractivity contribution is -0.318. The number of rotatable bonds is 8. The lowest BCUT2D eigenvalue weighted by Gasteiger charge is -2.49. The van der Waals surface area contributed by atoms with Gasteiger partial charge >= 0.3 is 5.97 Å². The van der Waals surface area contributed by atoms with E-state index < -0.39 is 90.8 Å². The molecule has 6 heterocycles. The van der Waals surface area contributed by atoms with Crippen LogP contribution in [0.3, 0.4) is 0 Å². The van der Waals surface area contributed by atoms with E-state index in [4.69, 9.17) is 47.4 Å². The maximum Gasteiger partial charge on any atom is 0.312 e. The molecule has 62 heavy (non-hydrogen) atoms. The monoisotopic (exact) mass is 875 g/mol. The lowest BCUT2D eigenvalue weighted by atomic mass is 9.66. The molecule has 4 saturated heterocycles. The van der Waals surface area contributed by atoms with Gasteiger partial charge in [0.2, 0.25) is 0 Å². The van der Waals surface area contributed by atoms with E-state index in [2.05, 4.69) is 39.8 Å². The van der Waals surface area contributed by atoms with Crippen molar-refractivity contribution in [3.8, 4) is 0 Å². The Balaban J connectivity index is 1.18. The summed E-state index contributed by atoms with van der Waals surface area (Å²) in [7, 11) is 3.22. The summed E-state index contributed by atoms with van der Waals surface area (Å²) in [5.74, 6) is -2.58. The quantitative estimate of drug-likeness (QED) is 0.208. The molecule has 0 aromatic heterocycles. The van der Waals surface area contributed by atoms with Crippen LogP contribution in [0.15, 0.2) is 47.6 Å². The van der Waals surface area contributed by atoms with Crippen LogP contribution in [0, 0.1) is 29.6 Å². The minimum absolute atomic E-state index is 0.0650. The fraction of sp³-hybridized carbons (Fsp3) is 0.812. The van der Waals surface area contributed by atoms with Crippen LogP contribution in [0.4, 0.5) is 0 Å². The third kappa shape index (κ3) is 9.73. The number of aliphatic hydroxyl groups is 3. The van der Waals surface area contributed by atoms with Gasteiger partial charge in [0, 0.05) is 51.7 Å². The van der Waals surface area contributed by atoms with Gasteiger partial charge in [-0.25, -0.2) is 0 Å². The molecule has 5 fully saturated rings. The van der Waals surface area contributed by atoms with E-state index in [-0.39, 0.29) is 55.0 Å². The summed E-state index contributed by atoms with van der Waals surface area (Å²) in [5.41, 5.74) is -0.276. The van der Waals surface area contributed by atoms with Crippen molar-refractivity contribution in [3.05, 3.63) is 47.6 Å². The van der Waals surface area contributed by atoms with E-state index in [0.29, 0.717) is 37.7 Å². The van der Waals surface area contributed by atoms with Crippen molar-refractivity contribution in [2.45, 2.75) is 198 Å². The lowest BCUT2D eigenvalue weighted by Crippen LogP contribution is -2.61. The van der Waals surface area contributed by atoms with E-state index in [1.54, 1.807) is 27.2 Å². The van der Waals surface area contributed by atoms with Crippen LogP contribution in [0.2, 0.25) is 0 Å². The summed E-state index contributed by atoms with van der Waals surface area (Å²) in [6.45, 7) is 16.3. The normalized spacial score (nSPS) is 50.4. The average molecular weight is 875 g/mol. The Labute approximate surface area is 368 Å². The number of hydrogen-bond acceptors (Lipinski definition) is 14. The predicted octanol–water partition coefficient (Wildman–Crippen LogP) is 5.46. The summed E-state index contributed by atoms with van der Waals surface area (Å²) in [6.07, 6.45) is 7.63. The fourth-order valence-electron chi connectivity index (χ4n) is 10.9. The van der Waals surface area contributed by atoms with Crippen LogP contribution in [0.1, 0.15) is 100 Å². The minimum atomic E-state index is -1.76. The second kappa shape index (κ2) is 19.8. The Morgan fingerprint density at radius 1 is 0.871 bits per heavy atom. The molecule has 4 unspecified atom stereocenters. The molecule has 7 aliphatic rings. The summed E-state index contributed by atoms with van der Waals surface area (Å²) in [6, 6.07) is 0. The van der Waals surface area contributed by atoms with Gasteiger partial charge in [-0.15, -0.1) is 0 Å². The number of allylic oxidation sites excluding steroid dienone is 2. The van der Waals surface area contributed by atoms with Crippen LogP contribution in [0.5, 0.6) is 0 Å². The Morgan fingerprint density at radius 2 is 1.58 bits per heavy atom. The summed E-state index contributed by atoms with van der Waals surface area (Å²) in [4.78, 5) is 14.4. The Kier molecular flexibility index (Phi) is 15.3. The zero-order chi connectivity index (χ0) is 44.7. The molecule has 14 nitrogen and oxygen atoms in total. The number of methoxy groups -OCH3 is 2. The van der Waals surface area contributed by atoms with Gasteiger partial charge in [0.05, 0.1) is 61.4 Å². The Bertz CT molecular complexity index is 1660. The molecule has 0 aromatic carbocycles. The van der Waals surface area contributed by atoms with Crippen LogP contribution < -0.4 is 0 Å². The van der Waals surface area contributed by atoms with Gasteiger partial charge in [-0.1, -0.05) is 71.4 Å². The zero-order valence-corrected chi connectivity index (χ0v) is 38.4. The van der Waals surface area contributed by atoms with Crippen LogP contribution in [-0.2, 0) is 52.2 Å². The molecule has 6 aliphatic heterocycles. The Morgan fingerprint density at radius 3 is 2.31 bits per heavy atom. The molecule has 2 bridgehead atoms. The van der Waals surface area contributed by atoms with Crippen molar-refractivity contribution in [1.29, 1.82) is 0 Å². The molecule has 14 heteroatoms. The highest BCUT2D eigenvalue weighted by Crippen LogP contribution is 2.49. The molecular weight excluding hydrogens is 801 g/mol. The van der Waals surface area contributed by atoms with Gasteiger partial charge in [-0.05, 0) is 62.7 Å². The molecule has 7 rings (SSSR count). The molecule has 1 saturated carbocycles. The van der Waals surface area contributed by atoms with Crippen molar-refractivity contribution in [2.75, 3.05) is 20.8 Å². The van der Waals surface area contributed by atoms with Gasteiger partial charge in [-0.2, -0.15) is 0 Å². The number of carbonyl (C=O) groups excluding carboxylic acids is 1. The standard InChI is InChI=1S/C48H74O14/c1-11-25(2)43-28(5)17-18-47(62-43)23-34-20-33(61-47)16-15-27(4)42(26(3)13-12-14-32-24-55-45-40(49)29(6)19-35(46(51)58-34)48(32,45)52)59-39-22-37(54-10)44(31(8)57-39)60-38-21-36(53-9)41(50)30(7)56-38/h12-15,17-18,25-26,28-31,33-45,49-50,52H,11,16,19-24H2,1-10H3/b13-12+,27-15+,32-14+/t25-,26-,28-,29?,30-,31-,33+,34-,35-,36-,37-,38-,39-,40+,41-,42?,43?,44?,45+,47+,48+/m0/s1. The average Bonchev–Trinajstić information content (AvgIpc) is 3.58. The smallest absolute Gasteiger partial charge is 0.312 e. The molecule has 0 aromatic rings. The number of esters is 1. The number of fused-ring (bicyclic) bond motifs is 2. The topological polar surface area (TPSA) is 170 Å². The van der Waals surface area contributed by atoms with E-state index >= 15 is 0 Å². The van der Waals surface area contributed by atoms with Gasteiger partial charge in [0.25, 0.3) is 0 Å². The maximum atomic E-state index is 14.4. The predicted molar refractivity (Wildman–Crippen MR) is 227 cm³/mol. The van der Waals surface area contributed by atoms with E-state index in [1.165, 1.54) is 0 Å². The largest absolute Gasteiger partial charge is 0.462 e. The van der Waals surface area contributed by atoms with Gasteiger partial charge in [0.15, 0.2) is 18.4 Å². The molecular formula is C48H74O14. The van der Waals surface area contributed by atoms with Crippen molar-refractivity contribution in [2.24, 2.45) is 29.6 Å². The highest BCUT2D eigenvalue weighted by molar-refractivity contribution is 5.76. The Hall–Kier alpha value is -2.05. The van der Waals surface area contributed by atoms with Crippen molar-refractivity contribution in [1.82, 2.24) is 0 Å². The third-order valence-electron chi connectivity index (χ3n) is 14.9. The maximum absolute atomic E-state index is 14.4. The number of carbonyl (C=O) groups is 1. The summed E-state index contributed by atoms with van der Waals surface area (Å²) in [5, 5.41) is 34.3. The SMILES string of the molecule is CC[C@H](C)C1O[C@]2(C=C[C@@H]1C)C[C@@H]1C[C@@H](C/C=C(\C)C(O[C@H]3C[C@H](OC)C(O[C@H]4C[C@H](OC)[C@@H](O)[C@H](C)O4)[C@H](C)O3)[C@@H](C)/C=C/C=C3\CO[C@@H]4[C@H](O)C(C)C[C@@H](C(=O)O1)[C@]34O)O2. The summed E-state index contributed by atoms with van der Waals surface area (Å²) < 4.78 is 63.8. The van der Waals surface area contributed by atoms with Crippen LogP contribution in [-0.4, -0.2) is 139 Å². The zero-order valence-electron chi connectivity index (χ0n) is 38.4. The molecule has 21 atom stereocenters. The highest BCUT2D eigenvalue weighted by Gasteiger charge is 2.62. The number of ether oxygens (including phenoxy) is 10. The molecule has 3 N–H and O–H groups in total. The first-order valence-corrected chi connectivity index (χ1v) is 23.2. The van der Waals surface area contributed by atoms with Crippen LogP contribution in [0.25, 0.3) is 0 Å². The molecule has 350 valence electrons. The second-order valence-corrected chi connectivity index (χ2v) is 19.4. The van der Waals surface area contributed by atoms with Crippen molar-refractivity contribution < 1.29 is 67.5 Å². The molecule has 0 amide bonds.